The molecular formula is C14H21N3O5S. The SMILES string of the molecule is C/C=C\C(=C/C)S(=O)(=O)NCCC(=O)NC1CCC(=O)NC1=O. The van der Waals surface area contributed by atoms with E-state index in [0.717, 1.165) is 0 Å². The van der Waals surface area contributed by atoms with Gasteiger partial charge in [-0.15, -0.1) is 0 Å². The molecular weight excluding hydrogens is 322 g/mol. The molecule has 0 aromatic carbocycles. The fourth-order valence-electron chi connectivity index (χ4n) is 1.99. The second-order valence-corrected chi connectivity index (χ2v) is 6.68. The van der Waals surface area contributed by atoms with Crippen LogP contribution in [-0.4, -0.2) is 38.7 Å². The van der Waals surface area contributed by atoms with Crippen LogP contribution >= 0.6 is 0 Å². The number of carbonyl (C=O) groups is 3. The van der Waals surface area contributed by atoms with Gasteiger partial charge in [-0.2, -0.15) is 0 Å². The third-order valence-corrected chi connectivity index (χ3v) is 4.72. The number of hydrogen-bond donors (Lipinski definition) is 3. The lowest BCUT2D eigenvalue weighted by Crippen LogP contribution is -2.52. The average molecular weight is 343 g/mol. The predicted octanol–water partition coefficient (Wildman–Crippen LogP) is -0.303. The molecule has 1 heterocycles. The first-order valence-electron chi connectivity index (χ1n) is 7.22. The Balaban J connectivity index is 2.45. The van der Waals surface area contributed by atoms with Crippen molar-refractivity contribution in [2.24, 2.45) is 0 Å². The summed E-state index contributed by atoms with van der Waals surface area (Å²) in [6, 6.07) is -0.758. The molecule has 0 saturated carbocycles. The third-order valence-electron chi connectivity index (χ3n) is 3.14. The zero-order chi connectivity index (χ0) is 17.5. The molecule has 0 aliphatic carbocycles. The molecule has 0 radical (unpaired) electrons. The number of nitrogens with one attached hydrogen (secondary N) is 3. The van der Waals surface area contributed by atoms with Crippen molar-refractivity contribution in [3.05, 3.63) is 23.1 Å². The van der Waals surface area contributed by atoms with Crippen LogP contribution in [0.4, 0.5) is 0 Å². The number of amides is 3. The minimum Gasteiger partial charge on any atom is -0.344 e. The molecule has 1 saturated heterocycles. The highest BCUT2D eigenvalue weighted by molar-refractivity contribution is 7.93. The van der Waals surface area contributed by atoms with Gasteiger partial charge in [0, 0.05) is 19.4 Å². The highest BCUT2D eigenvalue weighted by atomic mass is 32.2. The number of rotatable bonds is 7. The molecule has 1 unspecified atom stereocenters. The van der Waals surface area contributed by atoms with Gasteiger partial charge in [-0.25, -0.2) is 13.1 Å². The molecule has 1 rings (SSSR count). The maximum Gasteiger partial charge on any atom is 0.249 e. The van der Waals surface area contributed by atoms with E-state index in [0.29, 0.717) is 0 Å². The zero-order valence-electron chi connectivity index (χ0n) is 13.1. The minimum absolute atomic E-state index is 0.0870. The molecule has 1 fully saturated rings. The van der Waals surface area contributed by atoms with Crippen LogP contribution < -0.4 is 15.4 Å². The summed E-state index contributed by atoms with van der Waals surface area (Å²) in [6.45, 7) is 3.22. The smallest absolute Gasteiger partial charge is 0.249 e. The highest BCUT2D eigenvalue weighted by Gasteiger charge is 2.27. The van der Waals surface area contributed by atoms with Crippen LogP contribution in [-0.2, 0) is 24.4 Å². The maximum absolute atomic E-state index is 11.9. The fraction of sp³-hybridized carbons (Fsp3) is 0.500. The summed E-state index contributed by atoms with van der Waals surface area (Å²) in [5.41, 5.74) is 0. The number of sulfonamides is 1. The highest BCUT2D eigenvalue weighted by Crippen LogP contribution is 2.07. The quantitative estimate of drug-likeness (QED) is 0.433. The largest absolute Gasteiger partial charge is 0.344 e. The van der Waals surface area contributed by atoms with Crippen molar-refractivity contribution >= 4 is 27.7 Å². The lowest BCUT2D eigenvalue weighted by molar-refractivity contribution is -0.137. The standard InChI is InChI=1S/C14H21N3O5S/c1-3-5-10(4-2)23(21,22)15-9-8-13(19)16-11-6-7-12(18)17-14(11)20/h3-5,11,15H,6-9H2,1-2H3,(H,16,19)(H,17,18,20)/b5-3-,10-4+. The molecule has 9 heteroatoms. The van der Waals surface area contributed by atoms with Crippen LogP contribution in [0.1, 0.15) is 33.1 Å². The van der Waals surface area contributed by atoms with Crippen LogP contribution in [0, 0.1) is 0 Å². The number of carbonyl (C=O) groups excluding carboxylic acids is 3. The van der Waals surface area contributed by atoms with E-state index >= 15 is 0 Å². The summed E-state index contributed by atoms with van der Waals surface area (Å²) in [5, 5.41) is 4.61. The molecule has 1 aliphatic rings. The Morgan fingerprint density at radius 3 is 2.61 bits per heavy atom. The van der Waals surface area contributed by atoms with E-state index in [2.05, 4.69) is 15.4 Å². The lowest BCUT2D eigenvalue weighted by atomic mass is 10.1. The third kappa shape index (κ3) is 5.95. The Labute approximate surface area is 135 Å². The molecule has 3 amide bonds. The molecule has 3 N–H and O–H groups in total. The minimum atomic E-state index is -3.66. The Bertz CT molecular complexity index is 637. The van der Waals surface area contributed by atoms with Gasteiger partial charge in [0.05, 0.1) is 4.91 Å². The van der Waals surface area contributed by atoms with Crippen molar-refractivity contribution < 1.29 is 22.8 Å². The van der Waals surface area contributed by atoms with Gasteiger partial charge in [0.25, 0.3) is 0 Å². The van der Waals surface area contributed by atoms with Gasteiger partial charge in [-0.05, 0) is 26.3 Å². The van der Waals surface area contributed by atoms with Crippen LogP contribution in [0.15, 0.2) is 23.1 Å². The van der Waals surface area contributed by atoms with Crippen molar-refractivity contribution in [1.82, 2.24) is 15.4 Å². The molecule has 0 aromatic rings. The second-order valence-electron chi connectivity index (χ2n) is 4.91. The first kappa shape index (κ1) is 19.0. The van der Waals surface area contributed by atoms with E-state index in [1.165, 1.54) is 12.2 Å². The maximum atomic E-state index is 11.9. The molecule has 8 nitrogen and oxygen atoms in total. The van der Waals surface area contributed by atoms with E-state index in [1.807, 2.05) is 0 Å². The predicted molar refractivity (Wildman–Crippen MR) is 84.4 cm³/mol. The molecule has 128 valence electrons. The van der Waals surface area contributed by atoms with E-state index < -0.39 is 27.9 Å². The second kappa shape index (κ2) is 8.59. The van der Waals surface area contributed by atoms with Gasteiger partial charge < -0.3 is 5.32 Å². The molecule has 23 heavy (non-hydrogen) atoms. The lowest BCUT2D eigenvalue weighted by Gasteiger charge is -2.21. The monoisotopic (exact) mass is 343 g/mol. The Hall–Kier alpha value is -2.00. The topological polar surface area (TPSA) is 121 Å². The molecule has 1 aliphatic heterocycles. The molecule has 1 atom stereocenters. The van der Waals surface area contributed by atoms with Crippen LogP contribution in [0.2, 0.25) is 0 Å². The zero-order valence-corrected chi connectivity index (χ0v) is 13.9. The molecule has 0 spiro atoms. The van der Waals surface area contributed by atoms with E-state index in [9.17, 15) is 22.8 Å². The van der Waals surface area contributed by atoms with Crippen LogP contribution in [0.3, 0.4) is 0 Å². The summed E-state index contributed by atoms with van der Waals surface area (Å²) in [7, 11) is -3.66. The van der Waals surface area contributed by atoms with Crippen LogP contribution in [0.25, 0.3) is 0 Å². The summed E-state index contributed by atoms with van der Waals surface area (Å²) in [6.07, 6.45) is 4.80. The number of imide groups is 1. The summed E-state index contributed by atoms with van der Waals surface area (Å²) >= 11 is 0. The average Bonchev–Trinajstić information content (AvgIpc) is 2.47. The van der Waals surface area contributed by atoms with Gasteiger partial charge in [0.1, 0.15) is 6.04 Å². The fourth-order valence-corrected chi connectivity index (χ4v) is 3.15. The van der Waals surface area contributed by atoms with Gasteiger partial charge in [0.2, 0.25) is 27.7 Å². The van der Waals surface area contributed by atoms with E-state index in [-0.39, 0.29) is 36.6 Å². The van der Waals surface area contributed by atoms with Gasteiger partial charge >= 0.3 is 0 Å². The van der Waals surface area contributed by atoms with Gasteiger partial charge in [0.15, 0.2) is 0 Å². The van der Waals surface area contributed by atoms with Crippen molar-refractivity contribution in [1.29, 1.82) is 0 Å². The summed E-state index contributed by atoms with van der Waals surface area (Å²) < 4.78 is 26.2. The molecule has 0 aromatic heterocycles. The first-order chi connectivity index (χ1) is 10.8. The number of piperidine rings is 1. The van der Waals surface area contributed by atoms with Crippen molar-refractivity contribution in [2.45, 2.75) is 39.2 Å². The van der Waals surface area contributed by atoms with Crippen LogP contribution in [0.5, 0.6) is 0 Å². The summed E-state index contributed by atoms with van der Waals surface area (Å²) in [5.74, 6) is -1.37. The number of hydrogen-bond acceptors (Lipinski definition) is 5. The van der Waals surface area contributed by atoms with Gasteiger partial charge in [-0.1, -0.05) is 12.2 Å². The Morgan fingerprint density at radius 1 is 1.35 bits per heavy atom. The van der Waals surface area contributed by atoms with E-state index in [4.69, 9.17) is 0 Å². The number of allylic oxidation sites excluding steroid dienone is 3. The van der Waals surface area contributed by atoms with E-state index in [1.54, 1.807) is 19.9 Å². The Kier molecular flexibility index (Phi) is 7.11. The first-order valence-corrected chi connectivity index (χ1v) is 8.70. The molecule has 0 bridgehead atoms. The Morgan fingerprint density at radius 2 is 2.04 bits per heavy atom. The van der Waals surface area contributed by atoms with Crippen molar-refractivity contribution in [3.63, 3.8) is 0 Å². The summed E-state index contributed by atoms with van der Waals surface area (Å²) in [4.78, 5) is 34.4. The van der Waals surface area contributed by atoms with Gasteiger partial charge in [-0.3, -0.25) is 19.7 Å². The van der Waals surface area contributed by atoms with Crippen molar-refractivity contribution in [2.75, 3.05) is 6.54 Å². The van der Waals surface area contributed by atoms with Crippen molar-refractivity contribution in [3.8, 4) is 0 Å². The normalized spacial score (nSPS) is 19.7.